The number of halogens is 1. The van der Waals surface area contributed by atoms with Crippen LogP contribution in [0.3, 0.4) is 0 Å². The van der Waals surface area contributed by atoms with E-state index in [-0.39, 0.29) is 5.15 Å². The van der Waals surface area contributed by atoms with Crippen molar-refractivity contribution in [2.24, 2.45) is 0 Å². The SMILES string of the molecule is Cc1c(C=O)c(Cl)nn1Cc1ccccc1. The van der Waals surface area contributed by atoms with Gasteiger partial charge in [-0.3, -0.25) is 9.48 Å². The zero-order chi connectivity index (χ0) is 11.5. The molecule has 0 unspecified atom stereocenters. The molecule has 0 bridgehead atoms. The maximum Gasteiger partial charge on any atom is 0.161 e. The van der Waals surface area contributed by atoms with Crippen molar-refractivity contribution >= 4 is 17.9 Å². The van der Waals surface area contributed by atoms with Gasteiger partial charge in [0.2, 0.25) is 0 Å². The van der Waals surface area contributed by atoms with E-state index in [1.54, 1.807) is 4.68 Å². The monoisotopic (exact) mass is 234 g/mol. The fraction of sp³-hybridized carbons (Fsp3) is 0.167. The summed E-state index contributed by atoms with van der Waals surface area (Å²) in [5.41, 5.74) is 2.39. The fourth-order valence-electron chi connectivity index (χ4n) is 1.57. The Balaban J connectivity index is 2.32. The van der Waals surface area contributed by atoms with Crippen LogP contribution < -0.4 is 0 Å². The van der Waals surface area contributed by atoms with Crippen molar-refractivity contribution < 1.29 is 4.79 Å². The van der Waals surface area contributed by atoms with Gasteiger partial charge in [0.15, 0.2) is 11.4 Å². The first-order valence-electron chi connectivity index (χ1n) is 4.94. The molecule has 0 aliphatic heterocycles. The number of hydrogen-bond acceptors (Lipinski definition) is 2. The molecule has 0 radical (unpaired) electrons. The van der Waals surface area contributed by atoms with Crippen LogP contribution in [-0.2, 0) is 6.54 Å². The summed E-state index contributed by atoms with van der Waals surface area (Å²) in [4.78, 5) is 10.8. The van der Waals surface area contributed by atoms with Gasteiger partial charge in [-0.1, -0.05) is 41.9 Å². The quantitative estimate of drug-likeness (QED) is 0.766. The van der Waals surface area contributed by atoms with Gasteiger partial charge in [-0.15, -0.1) is 0 Å². The third kappa shape index (κ3) is 1.99. The van der Waals surface area contributed by atoms with Crippen molar-refractivity contribution in [3.05, 3.63) is 52.3 Å². The molecule has 0 atom stereocenters. The third-order valence-corrected chi connectivity index (χ3v) is 2.78. The zero-order valence-electron chi connectivity index (χ0n) is 8.85. The van der Waals surface area contributed by atoms with Crippen molar-refractivity contribution in [3.8, 4) is 0 Å². The average Bonchev–Trinajstić information content (AvgIpc) is 2.55. The molecule has 0 saturated heterocycles. The molecule has 0 aliphatic carbocycles. The molecule has 0 amide bonds. The van der Waals surface area contributed by atoms with Gasteiger partial charge >= 0.3 is 0 Å². The molecule has 82 valence electrons. The Morgan fingerprint density at radius 2 is 2.06 bits per heavy atom. The predicted molar refractivity (Wildman–Crippen MR) is 62.9 cm³/mol. The molecule has 4 heteroatoms. The first kappa shape index (κ1) is 10.9. The van der Waals surface area contributed by atoms with Gasteiger partial charge in [-0.25, -0.2) is 0 Å². The number of aromatic nitrogens is 2. The number of nitrogens with zero attached hydrogens (tertiary/aromatic N) is 2. The minimum atomic E-state index is 0.267. The maximum atomic E-state index is 10.8. The van der Waals surface area contributed by atoms with Gasteiger partial charge in [0, 0.05) is 5.69 Å². The van der Waals surface area contributed by atoms with Crippen molar-refractivity contribution in [3.63, 3.8) is 0 Å². The molecule has 3 nitrogen and oxygen atoms in total. The van der Waals surface area contributed by atoms with Gasteiger partial charge in [-0.2, -0.15) is 5.10 Å². The number of rotatable bonds is 3. The number of benzene rings is 1. The van der Waals surface area contributed by atoms with Crippen molar-refractivity contribution in [1.29, 1.82) is 0 Å². The van der Waals surface area contributed by atoms with Gasteiger partial charge < -0.3 is 0 Å². The molecule has 1 aromatic heterocycles. The summed E-state index contributed by atoms with van der Waals surface area (Å²) in [6.07, 6.45) is 0.742. The summed E-state index contributed by atoms with van der Waals surface area (Å²) in [5.74, 6) is 0. The number of aldehydes is 1. The van der Waals surface area contributed by atoms with Crippen LogP contribution in [0.4, 0.5) is 0 Å². The van der Waals surface area contributed by atoms with Gasteiger partial charge in [0.05, 0.1) is 12.1 Å². The van der Waals surface area contributed by atoms with Crippen LogP contribution in [0.15, 0.2) is 30.3 Å². The molecular weight excluding hydrogens is 224 g/mol. The maximum absolute atomic E-state index is 10.8. The minimum absolute atomic E-state index is 0.267. The Morgan fingerprint density at radius 3 is 2.62 bits per heavy atom. The lowest BCUT2D eigenvalue weighted by atomic mass is 10.2. The molecule has 0 saturated carbocycles. The fourth-order valence-corrected chi connectivity index (χ4v) is 1.84. The van der Waals surface area contributed by atoms with Crippen LogP contribution >= 0.6 is 11.6 Å². The van der Waals surface area contributed by atoms with Gasteiger partial charge in [0.1, 0.15) is 0 Å². The summed E-state index contributed by atoms with van der Waals surface area (Å²) in [7, 11) is 0. The Hall–Kier alpha value is -1.61. The van der Waals surface area contributed by atoms with Gasteiger partial charge in [-0.05, 0) is 12.5 Å². The lowest BCUT2D eigenvalue weighted by Gasteiger charge is -2.03. The largest absolute Gasteiger partial charge is 0.298 e. The number of hydrogen-bond donors (Lipinski definition) is 0. The van der Waals surface area contributed by atoms with Crippen molar-refractivity contribution in [2.75, 3.05) is 0 Å². The Morgan fingerprint density at radius 1 is 1.38 bits per heavy atom. The van der Waals surface area contributed by atoms with Crippen LogP contribution in [0.25, 0.3) is 0 Å². The zero-order valence-corrected chi connectivity index (χ0v) is 9.61. The van der Waals surface area contributed by atoms with E-state index in [1.165, 1.54) is 0 Å². The number of carbonyl (C=O) groups is 1. The molecule has 0 spiro atoms. The summed E-state index contributed by atoms with van der Waals surface area (Å²) in [6, 6.07) is 9.92. The minimum Gasteiger partial charge on any atom is -0.298 e. The summed E-state index contributed by atoms with van der Waals surface area (Å²) in [6.45, 7) is 2.46. The smallest absolute Gasteiger partial charge is 0.161 e. The molecule has 1 heterocycles. The van der Waals surface area contributed by atoms with Crippen molar-refractivity contribution in [2.45, 2.75) is 13.5 Å². The van der Waals surface area contributed by atoms with E-state index < -0.39 is 0 Å². The Bertz CT molecular complexity index is 505. The Labute approximate surface area is 98.7 Å². The van der Waals surface area contributed by atoms with Crippen molar-refractivity contribution in [1.82, 2.24) is 9.78 Å². The van der Waals surface area contributed by atoms with E-state index in [4.69, 9.17) is 11.6 Å². The molecule has 2 rings (SSSR count). The predicted octanol–water partition coefficient (Wildman–Crippen LogP) is 2.71. The first-order chi connectivity index (χ1) is 7.72. The average molecular weight is 235 g/mol. The second-order valence-corrected chi connectivity index (χ2v) is 3.91. The molecule has 0 fully saturated rings. The topological polar surface area (TPSA) is 34.9 Å². The molecule has 16 heavy (non-hydrogen) atoms. The van der Waals surface area contributed by atoms with Crippen LogP contribution in [0, 0.1) is 6.92 Å². The summed E-state index contributed by atoms with van der Waals surface area (Å²) in [5, 5.41) is 4.39. The standard InChI is InChI=1S/C12H11ClN2O/c1-9-11(8-16)12(13)14-15(9)7-10-5-3-2-4-6-10/h2-6,8H,7H2,1H3. The second-order valence-electron chi connectivity index (χ2n) is 3.55. The lowest BCUT2D eigenvalue weighted by molar-refractivity contribution is 0.112. The molecule has 0 N–H and O–H groups in total. The normalized spacial score (nSPS) is 10.4. The van der Waals surface area contributed by atoms with Crippen LogP contribution in [0.1, 0.15) is 21.6 Å². The molecule has 1 aromatic carbocycles. The molecular formula is C12H11ClN2O. The highest BCUT2D eigenvalue weighted by molar-refractivity contribution is 6.31. The lowest BCUT2D eigenvalue weighted by Crippen LogP contribution is -2.03. The summed E-state index contributed by atoms with van der Waals surface area (Å²) >= 11 is 5.85. The number of carbonyl (C=O) groups excluding carboxylic acids is 1. The Kier molecular flexibility index (Phi) is 3.06. The van der Waals surface area contributed by atoms with E-state index in [9.17, 15) is 4.79 Å². The third-order valence-electron chi connectivity index (χ3n) is 2.50. The van der Waals surface area contributed by atoms with Crippen LogP contribution in [0.5, 0.6) is 0 Å². The van der Waals surface area contributed by atoms with Gasteiger partial charge in [0.25, 0.3) is 0 Å². The molecule has 0 aliphatic rings. The van der Waals surface area contributed by atoms with E-state index in [0.29, 0.717) is 12.1 Å². The van der Waals surface area contributed by atoms with E-state index >= 15 is 0 Å². The van der Waals surface area contributed by atoms with E-state index in [1.807, 2.05) is 37.3 Å². The van der Waals surface area contributed by atoms with E-state index in [0.717, 1.165) is 17.5 Å². The summed E-state index contributed by atoms with van der Waals surface area (Å²) < 4.78 is 1.74. The van der Waals surface area contributed by atoms with E-state index in [2.05, 4.69) is 5.10 Å². The highest BCUT2D eigenvalue weighted by atomic mass is 35.5. The van der Waals surface area contributed by atoms with Crippen LogP contribution in [0.2, 0.25) is 5.15 Å². The first-order valence-corrected chi connectivity index (χ1v) is 5.32. The molecule has 2 aromatic rings. The second kappa shape index (κ2) is 4.49. The van der Waals surface area contributed by atoms with Crippen LogP contribution in [-0.4, -0.2) is 16.1 Å². The highest BCUT2D eigenvalue weighted by Crippen LogP contribution is 2.17. The highest BCUT2D eigenvalue weighted by Gasteiger charge is 2.11.